The predicted octanol–water partition coefficient (Wildman–Crippen LogP) is 5.33. The number of benzene rings is 2. The van der Waals surface area contributed by atoms with E-state index in [2.05, 4.69) is 69.9 Å². The van der Waals surface area contributed by atoms with Gasteiger partial charge in [0.15, 0.2) is 5.11 Å². The fraction of sp³-hybridized carbons (Fsp3) is 0.350. The van der Waals surface area contributed by atoms with Gasteiger partial charge in [-0.2, -0.15) is 0 Å². The summed E-state index contributed by atoms with van der Waals surface area (Å²) in [5.74, 6) is 0.844. The van der Waals surface area contributed by atoms with Gasteiger partial charge < -0.3 is 15.4 Å². The molecule has 0 radical (unpaired) electrons. The third-order valence-electron chi connectivity index (χ3n) is 3.95. The standard InChI is InChI=1S/C20H25BrN2OS/c1-3-4-5-15-6-9-17(10-7-15)23-20(25)22-13-12-16-8-11-19(24-2)18(21)14-16/h6-11,14H,3-5,12-13H2,1-2H3,(H2,22,23,25). The van der Waals surface area contributed by atoms with Crippen molar-refractivity contribution in [3.8, 4) is 5.75 Å². The van der Waals surface area contributed by atoms with Crippen LogP contribution in [0.2, 0.25) is 0 Å². The van der Waals surface area contributed by atoms with Crippen molar-refractivity contribution < 1.29 is 4.74 Å². The quantitative estimate of drug-likeness (QED) is 0.565. The van der Waals surface area contributed by atoms with Crippen LogP contribution in [0, 0.1) is 0 Å². The van der Waals surface area contributed by atoms with Crippen molar-refractivity contribution in [3.05, 3.63) is 58.1 Å². The Morgan fingerprint density at radius 3 is 2.44 bits per heavy atom. The number of ether oxygens (including phenoxy) is 1. The fourth-order valence-electron chi connectivity index (χ4n) is 2.50. The van der Waals surface area contributed by atoms with Crippen LogP contribution in [0.4, 0.5) is 5.69 Å². The molecule has 0 saturated heterocycles. The Morgan fingerprint density at radius 1 is 1.08 bits per heavy atom. The molecule has 0 unspecified atom stereocenters. The number of hydrogen-bond donors (Lipinski definition) is 2. The molecule has 2 N–H and O–H groups in total. The van der Waals surface area contributed by atoms with Crippen LogP contribution in [0.15, 0.2) is 46.9 Å². The molecular weight excluding hydrogens is 396 g/mol. The summed E-state index contributed by atoms with van der Waals surface area (Å²) >= 11 is 8.88. The van der Waals surface area contributed by atoms with E-state index in [-0.39, 0.29) is 0 Å². The second-order valence-electron chi connectivity index (χ2n) is 5.90. The Morgan fingerprint density at radius 2 is 1.80 bits per heavy atom. The SMILES string of the molecule is CCCCc1ccc(NC(=S)NCCc2ccc(OC)c(Br)c2)cc1. The van der Waals surface area contributed by atoms with Crippen molar-refractivity contribution in [1.29, 1.82) is 0 Å². The van der Waals surface area contributed by atoms with Gasteiger partial charge in [0.05, 0.1) is 11.6 Å². The molecule has 25 heavy (non-hydrogen) atoms. The summed E-state index contributed by atoms with van der Waals surface area (Å²) in [5.41, 5.74) is 3.62. The molecule has 0 aliphatic heterocycles. The molecule has 0 aliphatic carbocycles. The zero-order valence-electron chi connectivity index (χ0n) is 14.8. The topological polar surface area (TPSA) is 33.3 Å². The van der Waals surface area contributed by atoms with Crippen LogP contribution in [0.25, 0.3) is 0 Å². The van der Waals surface area contributed by atoms with Gasteiger partial charge in [0.25, 0.3) is 0 Å². The van der Waals surface area contributed by atoms with E-state index in [9.17, 15) is 0 Å². The normalized spacial score (nSPS) is 10.4. The van der Waals surface area contributed by atoms with Crippen molar-refractivity contribution in [2.24, 2.45) is 0 Å². The molecule has 0 aromatic heterocycles. The highest BCUT2D eigenvalue weighted by Gasteiger charge is 2.02. The summed E-state index contributed by atoms with van der Waals surface area (Å²) in [7, 11) is 1.67. The Balaban J connectivity index is 1.76. The summed E-state index contributed by atoms with van der Waals surface area (Å²) in [5, 5.41) is 7.13. The van der Waals surface area contributed by atoms with Crippen molar-refractivity contribution in [1.82, 2.24) is 5.32 Å². The molecule has 0 atom stereocenters. The molecule has 2 aromatic carbocycles. The van der Waals surface area contributed by atoms with E-state index in [4.69, 9.17) is 17.0 Å². The summed E-state index contributed by atoms with van der Waals surface area (Å²) < 4.78 is 6.21. The minimum absolute atomic E-state index is 0.647. The number of anilines is 1. The zero-order chi connectivity index (χ0) is 18.1. The van der Waals surface area contributed by atoms with E-state index < -0.39 is 0 Å². The van der Waals surface area contributed by atoms with Gasteiger partial charge in [-0.25, -0.2) is 0 Å². The van der Waals surface area contributed by atoms with Crippen molar-refractivity contribution >= 4 is 38.9 Å². The van der Waals surface area contributed by atoms with Crippen LogP contribution in [-0.2, 0) is 12.8 Å². The van der Waals surface area contributed by atoms with Crippen molar-refractivity contribution in [2.75, 3.05) is 19.0 Å². The Hall–Kier alpha value is -1.59. The van der Waals surface area contributed by atoms with Crippen molar-refractivity contribution in [2.45, 2.75) is 32.6 Å². The number of thiocarbonyl (C=S) groups is 1. The first-order valence-electron chi connectivity index (χ1n) is 8.58. The van der Waals surface area contributed by atoms with Gasteiger partial charge in [-0.3, -0.25) is 0 Å². The largest absolute Gasteiger partial charge is 0.496 e. The summed E-state index contributed by atoms with van der Waals surface area (Å²) in [6.07, 6.45) is 4.48. The lowest BCUT2D eigenvalue weighted by atomic mass is 10.1. The molecule has 134 valence electrons. The molecule has 0 spiro atoms. The summed E-state index contributed by atoms with van der Waals surface area (Å²) in [6, 6.07) is 14.6. The minimum Gasteiger partial charge on any atom is -0.496 e. The first kappa shape index (κ1) is 19.7. The number of methoxy groups -OCH3 is 1. The Bertz CT molecular complexity index is 689. The number of halogens is 1. The molecule has 2 rings (SSSR count). The summed E-state index contributed by atoms with van der Waals surface area (Å²) in [4.78, 5) is 0. The lowest BCUT2D eigenvalue weighted by molar-refractivity contribution is 0.412. The third kappa shape index (κ3) is 6.67. The number of unbranched alkanes of at least 4 members (excludes halogenated alkanes) is 1. The Labute approximate surface area is 164 Å². The summed E-state index contributed by atoms with van der Waals surface area (Å²) in [6.45, 7) is 2.99. The molecule has 2 aromatic rings. The van der Waals surface area contributed by atoms with Gasteiger partial charge in [0, 0.05) is 12.2 Å². The molecular formula is C20H25BrN2OS. The number of nitrogens with one attached hydrogen (secondary N) is 2. The molecule has 0 bridgehead atoms. The molecule has 0 aliphatic rings. The third-order valence-corrected chi connectivity index (χ3v) is 4.81. The second kappa shape index (κ2) is 10.4. The van der Waals surface area contributed by atoms with E-state index in [0.29, 0.717) is 5.11 Å². The lowest BCUT2D eigenvalue weighted by Crippen LogP contribution is -2.30. The lowest BCUT2D eigenvalue weighted by Gasteiger charge is -2.12. The van der Waals surface area contributed by atoms with E-state index in [1.807, 2.05) is 6.07 Å². The highest BCUT2D eigenvalue weighted by Crippen LogP contribution is 2.25. The monoisotopic (exact) mass is 420 g/mol. The first-order valence-corrected chi connectivity index (χ1v) is 9.78. The molecule has 5 heteroatoms. The second-order valence-corrected chi connectivity index (χ2v) is 7.16. The predicted molar refractivity (Wildman–Crippen MR) is 114 cm³/mol. The average Bonchev–Trinajstić information content (AvgIpc) is 2.61. The van der Waals surface area contributed by atoms with E-state index >= 15 is 0 Å². The van der Waals surface area contributed by atoms with Crippen LogP contribution in [-0.4, -0.2) is 18.8 Å². The number of hydrogen-bond acceptors (Lipinski definition) is 2. The maximum Gasteiger partial charge on any atom is 0.170 e. The van der Waals surface area contributed by atoms with Crippen LogP contribution < -0.4 is 15.4 Å². The van der Waals surface area contributed by atoms with Gasteiger partial charge in [0.1, 0.15) is 5.75 Å². The van der Waals surface area contributed by atoms with Crippen LogP contribution in [0.3, 0.4) is 0 Å². The zero-order valence-corrected chi connectivity index (χ0v) is 17.2. The first-order chi connectivity index (χ1) is 12.1. The maximum absolute atomic E-state index is 5.37. The smallest absolute Gasteiger partial charge is 0.170 e. The van der Waals surface area contributed by atoms with E-state index in [1.165, 1.54) is 24.0 Å². The van der Waals surface area contributed by atoms with Gasteiger partial charge in [-0.05, 0) is 82.8 Å². The highest BCUT2D eigenvalue weighted by molar-refractivity contribution is 9.10. The fourth-order valence-corrected chi connectivity index (χ4v) is 3.30. The van der Waals surface area contributed by atoms with Crippen LogP contribution in [0.1, 0.15) is 30.9 Å². The minimum atomic E-state index is 0.647. The van der Waals surface area contributed by atoms with E-state index in [0.717, 1.165) is 35.3 Å². The van der Waals surface area contributed by atoms with Gasteiger partial charge in [-0.15, -0.1) is 0 Å². The van der Waals surface area contributed by atoms with Gasteiger partial charge in [-0.1, -0.05) is 31.5 Å². The molecule has 0 amide bonds. The van der Waals surface area contributed by atoms with Gasteiger partial charge >= 0.3 is 0 Å². The van der Waals surface area contributed by atoms with Crippen LogP contribution >= 0.6 is 28.1 Å². The number of aryl methyl sites for hydroxylation is 1. The number of rotatable bonds is 8. The molecule has 3 nitrogen and oxygen atoms in total. The molecule has 0 saturated carbocycles. The highest BCUT2D eigenvalue weighted by atomic mass is 79.9. The van der Waals surface area contributed by atoms with Crippen molar-refractivity contribution in [3.63, 3.8) is 0 Å². The maximum atomic E-state index is 5.37. The molecule has 0 fully saturated rings. The average molecular weight is 421 g/mol. The van der Waals surface area contributed by atoms with Gasteiger partial charge in [0.2, 0.25) is 0 Å². The van der Waals surface area contributed by atoms with Crippen LogP contribution in [0.5, 0.6) is 5.75 Å². The Kier molecular flexibility index (Phi) is 8.22. The molecule has 0 heterocycles. The van der Waals surface area contributed by atoms with E-state index in [1.54, 1.807) is 7.11 Å².